The van der Waals surface area contributed by atoms with E-state index in [0.717, 1.165) is 42.5 Å². The Morgan fingerprint density at radius 3 is 2.29 bits per heavy atom. The summed E-state index contributed by atoms with van der Waals surface area (Å²) in [5.74, 6) is 1.85. The number of hydrogen-bond acceptors (Lipinski definition) is 9. The van der Waals surface area contributed by atoms with Crippen molar-refractivity contribution in [3.63, 3.8) is 0 Å². The van der Waals surface area contributed by atoms with E-state index in [2.05, 4.69) is 17.4 Å². The molecule has 1 saturated heterocycles. The lowest BCUT2D eigenvalue weighted by Crippen LogP contribution is -2.47. The largest absolute Gasteiger partial charge is 0.490 e. The van der Waals surface area contributed by atoms with Crippen LogP contribution in [0.4, 0.5) is 0 Å². The standard InChI is InChI=1S/C44H50Cl2N2O8/c1-4-52-44(50)36-8-6-5-7-32(36)28-56-40-16-9-30(25-41(40)54-20-19-51-3)27-48(33-12-13-33)43(49)37-26-47-18-17-35(37)31-10-14-34(15-11-31)53-21-22-55-42-38(45)23-29(2)24-39(42)46/h5-11,14-16,23-25,33,35,37,47H,4,12-13,17-22,26-28H2,1-3H3/t35-,37+/m1/s1. The fourth-order valence-corrected chi connectivity index (χ4v) is 7.67. The zero-order valence-corrected chi connectivity index (χ0v) is 33.7. The van der Waals surface area contributed by atoms with Crippen LogP contribution in [0.1, 0.15) is 64.7 Å². The molecule has 1 aliphatic heterocycles. The number of benzene rings is 4. The highest BCUT2D eigenvalue weighted by atomic mass is 35.5. The Bertz CT molecular complexity index is 1910. The summed E-state index contributed by atoms with van der Waals surface area (Å²) in [5, 5.41) is 4.41. The first-order valence-electron chi connectivity index (χ1n) is 19.2. The molecular formula is C44H50Cl2N2O8. The van der Waals surface area contributed by atoms with Gasteiger partial charge in [0, 0.05) is 31.8 Å². The summed E-state index contributed by atoms with van der Waals surface area (Å²) in [6.45, 7) is 7.37. The number of amides is 1. The maximum absolute atomic E-state index is 14.5. The van der Waals surface area contributed by atoms with E-state index in [4.69, 9.17) is 51.6 Å². The van der Waals surface area contributed by atoms with E-state index in [0.29, 0.717) is 77.1 Å². The molecule has 2 aliphatic rings. The summed E-state index contributed by atoms with van der Waals surface area (Å²) in [7, 11) is 1.62. The first-order valence-corrected chi connectivity index (χ1v) is 20.0. The molecule has 12 heteroatoms. The molecule has 0 spiro atoms. The second kappa shape index (κ2) is 20.1. The van der Waals surface area contributed by atoms with Gasteiger partial charge >= 0.3 is 5.97 Å². The Balaban J connectivity index is 1.11. The lowest BCUT2D eigenvalue weighted by Gasteiger charge is -2.36. The monoisotopic (exact) mass is 804 g/mol. The second-order valence-corrected chi connectivity index (χ2v) is 14.8. The molecule has 4 aromatic carbocycles. The average Bonchev–Trinajstić information content (AvgIpc) is 4.05. The quantitative estimate of drug-likeness (QED) is 0.0739. The van der Waals surface area contributed by atoms with Gasteiger partial charge in [-0.25, -0.2) is 4.79 Å². The highest BCUT2D eigenvalue weighted by Gasteiger charge is 2.40. The normalized spacial score (nSPS) is 16.5. The van der Waals surface area contributed by atoms with Crippen molar-refractivity contribution in [1.82, 2.24) is 10.2 Å². The molecule has 0 radical (unpaired) electrons. The molecule has 0 unspecified atom stereocenters. The van der Waals surface area contributed by atoms with Gasteiger partial charge in [0.2, 0.25) is 5.91 Å². The predicted octanol–water partition coefficient (Wildman–Crippen LogP) is 8.42. The van der Waals surface area contributed by atoms with Crippen LogP contribution in [0.5, 0.6) is 23.0 Å². The molecule has 2 atom stereocenters. The zero-order valence-electron chi connectivity index (χ0n) is 32.2. The lowest BCUT2D eigenvalue weighted by atomic mass is 9.80. The number of ether oxygens (including phenoxy) is 6. The van der Waals surface area contributed by atoms with Gasteiger partial charge < -0.3 is 38.6 Å². The molecule has 0 bridgehead atoms. The van der Waals surface area contributed by atoms with Gasteiger partial charge in [-0.1, -0.05) is 59.6 Å². The minimum absolute atomic E-state index is 0.0643. The third-order valence-corrected chi connectivity index (χ3v) is 10.5. The Morgan fingerprint density at radius 1 is 0.821 bits per heavy atom. The van der Waals surface area contributed by atoms with Gasteiger partial charge in [-0.2, -0.15) is 0 Å². The number of hydrogen-bond donors (Lipinski definition) is 1. The summed E-state index contributed by atoms with van der Waals surface area (Å²) in [5.41, 5.74) is 4.19. The minimum atomic E-state index is -0.390. The van der Waals surface area contributed by atoms with Crippen molar-refractivity contribution in [2.45, 2.75) is 58.2 Å². The molecule has 6 rings (SSSR count). The summed E-state index contributed by atoms with van der Waals surface area (Å²) in [6.07, 6.45) is 2.81. The van der Waals surface area contributed by atoms with E-state index in [1.165, 1.54) is 0 Å². The summed E-state index contributed by atoms with van der Waals surface area (Å²) >= 11 is 12.6. The van der Waals surface area contributed by atoms with E-state index < -0.39 is 5.97 Å². The number of halogens is 2. The molecule has 56 heavy (non-hydrogen) atoms. The van der Waals surface area contributed by atoms with Gasteiger partial charge in [-0.05, 0) is 105 Å². The van der Waals surface area contributed by atoms with Crippen molar-refractivity contribution < 1.29 is 38.0 Å². The van der Waals surface area contributed by atoms with Crippen molar-refractivity contribution in [2.24, 2.45) is 5.92 Å². The molecule has 1 N–H and O–H groups in total. The molecular weight excluding hydrogens is 755 g/mol. The number of piperidine rings is 1. The topological polar surface area (TPSA) is 105 Å². The van der Waals surface area contributed by atoms with Crippen molar-refractivity contribution in [3.05, 3.63) is 117 Å². The van der Waals surface area contributed by atoms with Gasteiger partial charge in [0.1, 0.15) is 32.2 Å². The van der Waals surface area contributed by atoms with Crippen LogP contribution in [0.3, 0.4) is 0 Å². The maximum Gasteiger partial charge on any atom is 0.338 e. The molecule has 1 saturated carbocycles. The van der Waals surface area contributed by atoms with Crippen LogP contribution in [0.15, 0.2) is 78.9 Å². The van der Waals surface area contributed by atoms with E-state index in [1.807, 2.05) is 66.4 Å². The summed E-state index contributed by atoms with van der Waals surface area (Å²) in [4.78, 5) is 29.1. The molecule has 0 aromatic heterocycles. The zero-order chi connectivity index (χ0) is 39.4. The molecule has 2 fully saturated rings. The molecule has 298 valence electrons. The van der Waals surface area contributed by atoms with Crippen molar-refractivity contribution in [2.75, 3.05) is 53.2 Å². The first-order chi connectivity index (χ1) is 27.2. The van der Waals surface area contributed by atoms with E-state index in [-0.39, 0.29) is 43.6 Å². The fourth-order valence-electron chi connectivity index (χ4n) is 6.97. The molecule has 10 nitrogen and oxygen atoms in total. The third-order valence-electron chi connectivity index (χ3n) is 9.92. The van der Waals surface area contributed by atoms with Crippen molar-refractivity contribution >= 4 is 35.1 Å². The Morgan fingerprint density at radius 2 is 1.55 bits per heavy atom. The van der Waals surface area contributed by atoms with Gasteiger partial charge in [-0.15, -0.1) is 0 Å². The fraction of sp³-hybridized carbons (Fsp3) is 0.409. The van der Waals surface area contributed by atoms with E-state index in [1.54, 1.807) is 26.2 Å². The van der Waals surface area contributed by atoms with Crippen LogP contribution in [-0.2, 0) is 27.4 Å². The highest BCUT2D eigenvalue weighted by Crippen LogP contribution is 2.38. The summed E-state index contributed by atoms with van der Waals surface area (Å²) < 4.78 is 34.6. The van der Waals surface area contributed by atoms with Gasteiger partial charge in [0.25, 0.3) is 0 Å². The second-order valence-electron chi connectivity index (χ2n) is 14.0. The third kappa shape index (κ3) is 10.9. The van der Waals surface area contributed by atoms with Gasteiger partial charge in [0.05, 0.1) is 34.7 Å². The van der Waals surface area contributed by atoms with Crippen LogP contribution in [0, 0.1) is 12.8 Å². The molecule has 1 amide bonds. The van der Waals surface area contributed by atoms with Gasteiger partial charge in [-0.3, -0.25) is 4.79 Å². The first kappa shape index (κ1) is 41.2. The molecule has 1 aliphatic carbocycles. The van der Waals surface area contributed by atoms with Crippen LogP contribution in [0.25, 0.3) is 0 Å². The highest BCUT2D eigenvalue weighted by molar-refractivity contribution is 6.37. The lowest BCUT2D eigenvalue weighted by molar-refractivity contribution is -0.138. The molecule has 4 aromatic rings. The Labute approximate surface area is 339 Å². The predicted molar refractivity (Wildman–Crippen MR) is 216 cm³/mol. The van der Waals surface area contributed by atoms with E-state index >= 15 is 0 Å². The number of carbonyl (C=O) groups is 2. The van der Waals surface area contributed by atoms with Crippen LogP contribution < -0.4 is 24.3 Å². The number of esters is 1. The van der Waals surface area contributed by atoms with Crippen LogP contribution in [-0.4, -0.2) is 76.1 Å². The van der Waals surface area contributed by atoms with Crippen molar-refractivity contribution in [3.8, 4) is 23.0 Å². The summed E-state index contributed by atoms with van der Waals surface area (Å²) in [6, 6.07) is 24.9. The van der Waals surface area contributed by atoms with E-state index in [9.17, 15) is 9.59 Å². The number of methoxy groups -OCH3 is 1. The Kier molecular flexibility index (Phi) is 14.8. The Hall–Kier alpha value is -4.48. The van der Waals surface area contributed by atoms with Crippen molar-refractivity contribution in [1.29, 1.82) is 0 Å². The smallest absolute Gasteiger partial charge is 0.338 e. The van der Waals surface area contributed by atoms with Crippen LogP contribution in [0.2, 0.25) is 10.0 Å². The van der Waals surface area contributed by atoms with Gasteiger partial charge in [0.15, 0.2) is 17.2 Å². The number of aryl methyl sites for hydroxylation is 1. The maximum atomic E-state index is 14.5. The number of rotatable bonds is 19. The SMILES string of the molecule is CCOC(=O)c1ccccc1COc1ccc(CN(C(=O)[C@H]2CNCC[C@@H]2c2ccc(OCCOc3c(Cl)cc(C)cc3Cl)cc2)C2CC2)cc1OCCOC. The van der Waals surface area contributed by atoms with Crippen LogP contribution >= 0.6 is 23.2 Å². The molecule has 1 heterocycles. The number of carbonyl (C=O) groups excluding carboxylic acids is 2. The minimum Gasteiger partial charge on any atom is -0.490 e. The number of nitrogens with one attached hydrogen (secondary N) is 1. The average molecular weight is 806 g/mol. The number of nitrogens with zero attached hydrogens (tertiary/aromatic N) is 1.